The molecule has 0 aliphatic carbocycles. The van der Waals surface area contributed by atoms with Crippen LogP contribution in [-0.2, 0) is 6.18 Å². The van der Waals surface area contributed by atoms with E-state index in [4.69, 9.17) is 12.2 Å². The van der Waals surface area contributed by atoms with E-state index in [0.29, 0.717) is 14.8 Å². The van der Waals surface area contributed by atoms with Crippen LogP contribution >= 0.6 is 37.5 Å². The van der Waals surface area contributed by atoms with E-state index < -0.39 is 11.7 Å². The fraction of sp³-hybridized carbons (Fsp3) is 0.118. The van der Waals surface area contributed by atoms with Gasteiger partial charge >= 0.3 is 6.18 Å². The highest BCUT2D eigenvalue weighted by Gasteiger charge is 2.30. The van der Waals surface area contributed by atoms with E-state index in [1.165, 1.54) is 10.6 Å². The molecule has 0 radical (unpaired) electrons. The molecular formula is C17H13F3N2S3. The molecule has 0 N–H and O–H groups in total. The van der Waals surface area contributed by atoms with E-state index in [2.05, 4.69) is 25.3 Å². The zero-order valence-corrected chi connectivity index (χ0v) is 15.6. The molecule has 0 unspecified atom stereocenters. The average molecular weight is 399 g/mol. The van der Waals surface area contributed by atoms with Crippen molar-refractivity contribution in [3.05, 3.63) is 64.4 Å². The van der Waals surface area contributed by atoms with Gasteiger partial charge in [0, 0.05) is 11.4 Å². The van der Waals surface area contributed by atoms with Gasteiger partial charge in [-0.3, -0.25) is 9.13 Å². The van der Waals surface area contributed by atoms with Crippen molar-refractivity contribution in [1.82, 2.24) is 9.13 Å². The Hall–Kier alpha value is -1.64. The van der Waals surface area contributed by atoms with Gasteiger partial charge in [-0.05, 0) is 55.0 Å². The second kappa shape index (κ2) is 6.59. The van der Waals surface area contributed by atoms with Crippen LogP contribution in [0.2, 0.25) is 0 Å². The largest absolute Gasteiger partial charge is 0.416 e. The first-order valence-corrected chi connectivity index (χ1v) is 8.51. The Kier molecular flexibility index (Phi) is 4.78. The summed E-state index contributed by atoms with van der Waals surface area (Å²) in [5.74, 6) is 0. The van der Waals surface area contributed by atoms with Crippen molar-refractivity contribution < 1.29 is 13.2 Å². The van der Waals surface area contributed by atoms with Crippen molar-refractivity contribution in [2.45, 2.75) is 23.2 Å². The minimum Gasteiger partial charge on any atom is -0.279 e. The highest BCUT2D eigenvalue weighted by atomic mass is 32.1. The van der Waals surface area contributed by atoms with E-state index >= 15 is 0 Å². The van der Waals surface area contributed by atoms with Crippen molar-refractivity contribution >= 4 is 37.5 Å². The first-order chi connectivity index (χ1) is 11.7. The summed E-state index contributed by atoms with van der Waals surface area (Å²) in [6.07, 6.45) is -4.43. The molecule has 130 valence electrons. The van der Waals surface area contributed by atoms with Crippen LogP contribution in [0.4, 0.5) is 13.2 Å². The lowest BCUT2D eigenvalue weighted by molar-refractivity contribution is -0.137. The molecule has 2 aromatic carbocycles. The maximum Gasteiger partial charge on any atom is 0.416 e. The summed E-state index contributed by atoms with van der Waals surface area (Å²) < 4.78 is 42.4. The van der Waals surface area contributed by atoms with Gasteiger partial charge in [0.1, 0.15) is 10.1 Å². The topological polar surface area (TPSA) is 9.86 Å². The van der Waals surface area contributed by atoms with Crippen LogP contribution in [-0.4, -0.2) is 9.13 Å². The molecule has 0 saturated carbocycles. The normalized spacial score (nSPS) is 11.8. The summed E-state index contributed by atoms with van der Waals surface area (Å²) in [5, 5.41) is 0.825. The maximum absolute atomic E-state index is 13.0. The third kappa shape index (κ3) is 3.38. The zero-order valence-electron chi connectivity index (χ0n) is 12.9. The summed E-state index contributed by atoms with van der Waals surface area (Å²) in [6, 6.07) is 12.5. The standard InChI is InChI=1S/C17H13F3N2S3/c1-10-4-2-6-12(8-10)21-14(23)15(24)22(16(21)25)13-7-3-5-11(9-13)17(18,19)20/h2-9,23-24H,1H3. The Morgan fingerprint density at radius 3 is 1.92 bits per heavy atom. The fourth-order valence-corrected chi connectivity index (χ4v) is 3.68. The zero-order chi connectivity index (χ0) is 18.4. The molecular weight excluding hydrogens is 385 g/mol. The predicted molar refractivity (Wildman–Crippen MR) is 100 cm³/mol. The lowest BCUT2D eigenvalue weighted by atomic mass is 10.2. The summed E-state index contributed by atoms with van der Waals surface area (Å²) >= 11 is 14.4. The summed E-state index contributed by atoms with van der Waals surface area (Å²) in [5.41, 5.74) is 1.34. The van der Waals surface area contributed by atoms with Gasteiger partial charge in [-0.2, -0.15) is 13.2 Å². The number of benzene rings is 2. The molecule has 25 heavy (non-hydrogen) atoms. The maximum atomic E-state index is 13.0. The average Bonchev–Trinajstić information content (AvgIpc) is 2.76. The Morgan fingerprint density at radius 2 is 1.40 bits per heavy atom. The molecule has 0 aliphatic heterocycles. The van der Waals surface area contributed by atoms with Crippen molar-refractivity contribution in [2.75, 3.05) is 0 Å². The van der Waals surface area contributed by atoms with Gasteiger partial charge in [0.05, 0.1) is 5.56 Å². The molecule has 0 spiro atoms. The van der Waals surface area contributed by atoms with E-state index in [1.54, 1.807) is 10.6 Å². The number of nitrogens with zero attached hydrogens (tertiary/aromatic N) is 2. The minimum atomic E-state index is -4.43. The quantitative estimate of drug-likeness (QED) is 0.404. The van der Waals surface area contributed by atoms with Crippen molar-refractivity contribution in [2.24, 2.45) is 0 Å². The van der Waals surface area contributed by atoms with Gasteiger partial charge < -0.3 is 0 Å². The molecule has 1 heterocycles. The highest BCUT2D eigenvalue weighted by molar-refractivity contribution is 7.83. The molecule has 0 fully saturated rings. The van der Waals surface area contributed by atoms with E-state index in [0.717, 1.165) is 23.4 Å². The van der Waals surface area contributed by atoms with Crippen molar-refractivity contribution in [3.8, 4) is 11.4 Å². The molecule has 1 aromatic heterocycles. The van der Waals surface area contributed by atoms with Gasteiger partial charge in [-0.15, -0.1) is 25.3 Å². The number of thiol groups is 2. The molecule has 0 atom stereocenters. The SMILES string of the molecule is Cc1cccc(-n2c(S)c(S)n(-c3cccc(C(F)(F)F)c3)c2=S)c1. The smallest absolute Gasteiger partial charge is 0.279 e. The summed E-state index contributed by atoms with van der Waals surface area (Å²) in [6.45, 7) is 1.94. The molecule has 0 aliphatic rings. The molecule has 0 saturated heterocycles. The highest BCUT2D eigenvalue weighted by Crippen LogP contribution is 2.33. The van der Waals surface area contributed by atoms with Crippen molar-refractivity contribution in [1.29, 1.82) is 0 Å². The number of aryl methyl sites for hydroxylation is 1. The Balaban J connectivity index is 2.23. The third-order valence-electron chi connectivity index (χ3n) is 3.70. The Labute approximate surface area is 158 Å². The number of hydrogen-bond donors (Lipinski definition) is 2. The lowest BCUT2D eigenvalue weighted by Crippen LogP contribution is -2.06. The Morgan fingerprint density at radius 1 is 0.880 bits per heavy atom. The number of imidazole rings is 1. The van der Waals surface area contributed by atoms with Crippen LogP contribution in [0.25, 0.3) is 11.4 Å². The second-order valence-electron chi connectivity index (χ2n) is 5.49. The number of alkyl halides is 3. The van der Waals surface area contributed by atoms with Crippen LogP contribution in [0, 0.1) is 11.7 Å². The van der Waals surface area contributed by atoms with Gasteiger partial charge in [-0.1, -0.05) is 18.2 Å². The van der Waals surface area contributed by atoms with Gasteiger partial charge in [0.15, 0.2) is 4.77 Å². The lowest BCUT2D eigenvalue weighted by Gasteiger charge is -2.10. The molecule has 8 heteroatoms. The predicted octanol–water partition coefficient (Wildman–Crippen LogP) is 5.90. The Bertz CT molecular complexity index is 1000. The van der Waals surface area contributed by atoms with Gasteiger partial charge in [0.25, 0.3) is 0 Å². The molecule has 0 bridgehead atoms. The van der Waals surface area contributed by atoms with Crippen LogP contribution < -0.4 is 0 Å². The number of halogens is 3. The molecule has 0 amide bonds. The monoisotopic (exact) mass is 398 g/mol. The minimum absolute atomic E-state index is 0.284. The van der Waals surface area contributed by atoms with Crippen LogP contribution in [0.15, 0.2) is 58.6 Å². The number of hydrogen-bond acceptors (Lipinski definition) is 3. The van der Waals surface area contributed by atoms with E-state index in [9.17, 15) is 13.2 Å². The van der Waals surface area contributed by atoms with Gasteiger partial charge in [0.2, 0.25) is 0 Å². The number of rotatable bonds is 2. The van der Waals surface area contributed by atoms with E-state index in [-0.39, 0.29) is 5.69 Å². The summed E-state index contributed by atoms with van der Waals surface area (Å²) in [4.78, 5) is 0. The summed E-state index contributed by atoms with van der Waals surface area (Å²) in [7, 11) is 0. The van der Waals surface area contributed by atoms with Crippen LogP contribution in [0.5, 0.6) is 0 Å². The first-order valence-electron chi connectivity index (χ1n) is 7.20. The molecule has 3 aromatic rings. The van der Waals surface area contributed by atoms with Crippen LogP contribution in [0.1, 0.15) is 11.1 Å². The van der Waals surface area contributed by atoms with Crippen molar-refractivity contribution in [3.63, 3.8) is 0 Å². The van der Waals surface area contributed by atoms with Gasteiger partial charge in [-0.25, -0.2) is 0 Å². The second-order valence-corrected chi connectivity index (χ2v) is 6.70. The third-order valence-corrected chi connectivity index (χ3v) is 5.06. The molecule has 2 nitrogen and oxygen atoms in total. The number of aromatic nitrogens is 2. The van der Waals surface area contributed by atoms with E-state index in [1.807, 2.05) is 31.2 Å². The molecule has 3 rings (SSSR count). The van der Waals surface area contributed by atoms with Crippen LogP contribution in [0.3, 0.4) is 0 Å². The fourth-order valence-electron chi connectivity index (χ4n) is 2.54. The first kappa shape index (κ1) is 18.2.